The van der Waals surface area contributed by atoms with Crippen LogP contribution >= 0.6 is 0 Å². The summed E-state index contributed by atoms with van der Waals surface area (Å²) in [5.41, 5.74) is 3.66. The molecule has 1 heteroatoms. The Morgan fingerprint density at radius 2 is 1.80 bits per heavy atom. The molecule has 1 aromatic rings. The summed E-state index contributed by atoms with van der Waals surface area (Å²) < 4.78 is 0. The molecule has 0 amide bonds. The van der Waals surface area contributed by atoms with Gasteiger partial charge in [-0.2, -0.15) is 0 Å². The van der Waals surface area contributed by atoms with Gasteiger partial charge in [0.25, 0.3) is 0 Å². The normalized spacial score (nSPS) is 33.7. The van der Waals surface area contributed by atoms with Crippen LogP contribution < -0.4 is 0 Å². The number of aryl methyl sites for hydroxylation is 1. The van der Waals surface area contributed by atoms with Gasteiger partial charge in [0.2, 0.25) is 0 Å². The van der Waals surface area contributed by atoms with Crippen LogP contribution in [0.3, 0.4) is 0 Å². The molecule has 106 valence electrons. The van der Waals surface area contributed by atoms with Crippen LogP contribution in [0.5, 0.6) is 0 Å². The Morgan fingerprint density at radius 1 is 1.15 bits per heavy atom. The maximum absolute atomic E-state index is 12.7. The van der Waals surface area contributed by atoms with Crippen molar-refractivity contribution in [3.05, 3.63) is 41.0 Å². The van der Waals surface area contributed by atoms with Crippen LogP contribution in [0, 0.1) is 30.1 Å². The second-order valence-corrected chi connectivity index (χ2v) is 7.21. The van der Waals surface area contributed by atoms with E-state index in [4.69, 9.17) is 0 Å². The summed E-state index contributed by atoms with van der Waals surface area (Å²) >= 11 is 0. The first-order valence-electron chi connectivity index (χ1n) is 7.73. The molecule has 0 spiro atoms. The van der Waals surface area contributed by atoms with Gasteiger partial charge in [-0.25, -0.2) is 0 Å². The monoisotopic (exact) mass is 268 g/mol. The van der Waals surface area contributed by atoms with Crippen molar-refractivity contribution in [2.24, 2.45) is 23.2 Å². The number of benzene rings is 1. The molecule has 1 aromatic carbocycles. The summed E-state index contributed by atoms with van der Waals surface area (Å²) in [6.45, 7) is 8.75. The Hall–Kier alpha value is -1.37. The molecular formula is C19H24O. The number of allylic oxidation sites excluding steroid dienone is 1. The maximum Gasteiger partial charge on any atom is 0.162 e. The Balaban J connectivity index is 1.97. The zero-order valence-electron chi connectivity index (χ0n) is 12.9. The molecule has 0 bridgehead atoms. The molecule has 1 nitrogen and oxygen atoms in total. The van der Waals surface area contributed by atoms with Gasteiger partial charge in [-0.1, -0.05) is 50.6 Å². The van der Waals surface area contributed by atoms with E-state index in [9.17, 15) is 4.79 Å². The van der Waals surface area contributed by atoms with Crippen molar-refractivity contribution < 1.29 is 4.79 Å². The average Bonchev–Trinajstić information content (AvgIpc) is 2.35. The lowest BCUT2D eigenvalue weighted by molar-refractivity contribution is -0.132. The summed E-state index contributed by atoms with van der Waals surface area (Å²) in [5.74, 6) is 1.69. The molecule has 2 aliphatic carbocycles. The molecule has 3 unspecified atom stereocenters. The van der Waals surface area contributed by atoms with Crippen molar-refractivity contribution in [3.63, 3.8) is 0 Å². The Bertz CT molecular complexity index is 562. The van der Waals surface area contributed by atoms with E-state index in [-0.39, 0.29) is 11.3 Å². The molecule has 0 saturated heterocycles. The SMILES string of the molecule is Cc1ccc(/C=C2\C(=O)C(C)C(C)(C)C3CCC23)cc1. The van der Waals surface area contributed by atoms with Crippen LogP contribution in [0.2, 0.25) is 0 Å². The van der Waals surface area contributed by atoms with E-state index in [0.717, 1.165) is 11.1 Å². The molecule has 20 heavy (non-hydrogen) atoms. The lowest BCUT2D eigenvalue weighted by Crippen LogP contribution is -2.51. The van der Waals surface area contributed by atoms with Crippen molar-refractivity contribution >= 4 is 11.9 Å². The van der Waals surface area contributed by atoms with E-state index in [0.29, 0.717) is 17.6 Å². The Morgan fingerprint density at radius 3 is 2.35 bits per heavy atom. The van der Waals surface area contributed by atoms with Crippen LogP contribution in [0.1, 0.15) is 44.7 Å². The van der Waals surface area contributed by atoms with E-state index in [1.807, 2.05) is 0 Å². The molecule has 0 N–H and O–H groups in total. The summed E-state index contributed by atoms with van der Waals surface area (Å²) in [7, 11) is 0. The minimum absolute atomic E-state index is 0.140. The van der Waals surface area contributed by atoms with Gasteiger partial charge in [0.05, 0.1) is 0 Å². The fourth-order valence-electron chi connectivity index (χ4n) is 3.87. The summed E-state index contributed by atoms with van der Waals surface area (Å²) in [6, 6.07) is 8.47. The first-order chi connectivity index (χ1) is 9.41. The topological polar surface area (TPSA) is 17.1 Å². The minimum Gasteiger partial charge on any atom is -0.294 e. The van der Waals surface area contributed by atoms with E-state index < -0.39 is 0 Å². The third-order valence-corrected chi connectivity index (χ3v) is 5.82. The highest BCUT2D eigenvalue weighted by atomic mass is 16.1. The van der Waals surface area contributed by atoms with Crippen LogP contribution in [0.4, 0.5) is 0 Å². The molecule has 0 aromatic heterocycles. The van der Waals surface area contributed by atoms with Crippen LogP contribution in [0.25, 0.3) is 6.08 Å². The van der Waals surface area contributed by atoms with Gasteiger partial charge in [0, 0.05) is 5.92 Å². The second kappa shape index (κ2) is 4.58. The van der Waals surface area contributed by atoms with Crippen LogP contribution in [0.15, 0.2) is 29.8 Å². The summed E-state index contributed by atoms with van der Waals surface area (Å²) in [6.07, 6.45) is 4.61. The number of fused-ring (bicyclic) bond motifs is 1. The summed E-state index contributed by atoms with van der Waals surface area (Å²) in [4.78, 5) is 12.7. The van der Waals surface area contributed by atoms with Crippen LogP contribution in [-0.2, 0) is 4.79 Å². The lowest BCUT2D eigenvalue weighted by Gasteiger charge is -2.54. The van der Waals surface area contributed by atoms with Gasteiger partial charge in [-0.05, 0) is 54.2 Å². The number of Topliss-reactive ketones (excluding diaryl/α,β-unsaturated/α-hetero) is 1. The third kappa shape index (κ3) is 1.95. The smallest absolute Gasteiger partial charge is 0.162 e. The minimum atomic E-state index is 0.140. The van der Waals surface area contributed by atoms with Gasteiger partial charge in [0.1, 0.15) is 0 Å². The molecule has 0 aliphatic heterocycles. The van der Waals surface area contributed by atoms with Gasteiger partial charge in [0.15, 0.2) is 5.78 Å². The number of rotatable bonds is 1. The predicted octanol–water partition coefficient (Wildman–Crippen LogP) is 4.65. The second-order valence-electron chi connectivity index (χ2n) is 7.21. The first-order valence-corrected chi connectivity index (χ1v) is 7.73. The molecule has 0 radical (unpaired) electrons. The first kappa shape index (κ1) is 13.6. The fourth-order valence-corrected chi connectivity index (χ4v) is 3.87. The van der Waals surface area contributed by atoms with Gasteiger partial charge in [-0.3, -0.25) is 4.79 Å². The highest BCUT2D eigenvalue weighted by Crippen LogP contribution is 2.57. The highest BCUT2D eigenvalue weighted by molar-refractivity contribution is 6.03. The molecule has 3 atom stereocenters. The molecule has 0 heterocycles. The van der Waals surface area contributed by atoms with Gasteiger partial charge >= 0.3 is 0 Å². The Labute approximate surface area is 122 Å². The fraction of sp³-hybridized carbons (Fsp3) is 0.526. The molecule has 2 fully saturated rings. The van der Waals surface area contributed by atoms with E-state index >= 15 is 0 Å². The molecule has 2 aliphatic rings. The Kier molecular flexibility index (Phi) is 3.12. The van der Waals surface area contributed by atoms with E-state index in [1.165, 1.54) is 18.4 Å². The molecular weight excluding hydrogens is 244 g/mol. The van der Waals surface area contributed by atoms with Gasteiger partial charge < -0.3 is 0 Å². The number of carbonyl (C=O) groups is 1. The van der Waals surface area contributed by atoms with Crippen molar-refractivity contribution in [2.45, 2.75) is 40.5 Å². The van der Waals surface area contributed by atoms with Gasteiger partial charge in [-0.15, -0.1) is 0 Å². The molecule has 2 saturated carbocycles. The summed E-state index contributed by atoms with van der Waals surface area (Å²) in [5, 5.41) is 0. The largest absolute Gasteiger partial charge is 0.294 e. The predicted molar refractivity (Wildman–Crippen MR) is 83.3 cm³/mol. The van der Waals surface area contributed by atoms with Crippen molar-refractivity contribution in [1.29, 1.82) is 0 Å². The van der Waals surface area contributed by atoms with Crippen LogP contribution in [-0.4, -0.2) is 5.78 Å². The molecule has 3 rings (SSSR count). The zero-order chi connectivity index (χ0) is 14.5. The van der Waals surface area contributed by atoms with Crippen molar-refractivity contribution in [2.75, 3.05) is 0 Å². The number of carbonyl (C=O) groups excluding carboxylic acids is 1. The third-order valence-electron chi connectivity index (χ3n) is 5.82. The van der Waals surface area contributed by atoms with Crippen molar-refractivity contribution in [1.82, 2.24) is 0 Å². The standard InChI is InChI=1S/C19H24O/c1-12-5-7-14(8-6-12)11-16-15-9-10-17(15)19(3,4)13(2)18(16)20/h5-8,11,13,15,17H,9-10H2,1-4H3/b16-11-. The number of ketones is 1. The van der Waals surface area contributed by atoms with Crippen molar-refractivity contribution in [3.8, 4) is 0 Å². The number of hydrogen-bond donors (Lipinski definition) is 0. The van der Waals surface area contributed by atoms with E-state index in [2.05, 4.69) is 58.0 Å². The zero-order valence-corrected chi connectivity index (χ0v) is 12.9. The highest BCUT2D eigenvalue weighted by Gasteiger charge is 2.53. The van der Waals surface area contributed by atoms with E-state index in [1.54, 1.807) is 0 Å². The lowest BCUT2D eigenvalue weighted by atomic mass is 9.49. The number of hydrogen-bond acceptors (Lipinski definition) is 1. The maximum atomic E-state index is 12.7. The average molecular weight is 268 g/mol. The quantitative estimate of drug-likeness (QED) is 0.678.